The molecule has 4 nitrogen and oxygen atoms in total. The molecule has 2 saturated carbocycles. The minimum atomic E-state index is -1.81. The van der Waals surface area contributed by atoms with Crippen LogP contribution in [0.4, 0.5) is 0 Å². The normalized spacial score (nSPS) is 51.0. The van der Waals surface area contributed by atoms with Crippen LogP contribution < -0.4 is 0 Å². The summed E-state index contributed by atoms with van der Waals surface area (Å²) in [6.45, 7) is 5.79. The van der Waals surface area contributed by atoms with Crippen LogP contribution in [0.25, 0.3) is 0 Å². The summed E-state index contributed by atoms with van der Waals surface area (Å²) in [6, 6.07) is 0. The molecule has 0 aromatic heterocycles. The van der Waals surface area contributed by atoms with Gasteiger partial charge in [-0.1, -0.05) is 18.1 Å². The van der Waals surface area contributed by atoms with Crippen LogP contribution in [-0.4, -0.2) is 28.1 Å². The highest BCUT2D eigenvalue weighted by Crippen LogP contribution is 2.70. The van der Waals surface area contributed by atoms with Crippen molar-refractivity contribution >= 4 is 5.97 Å². The number of hydrogen-bond acceptors (Lipinski definition) is 4. The second-order valence-corrected chi connectivity index (χ2v) is 6.66. The fourth-order valence-corrected chi connectivity index (χ4v) is 4.64. The molecular weight excluding hydrogens is 244 g/mol. The van der Waals surface area contributed by atoms with Crippen LogP contribution in [0.2, 0.25) is 0 Å². The van der Waals surface area contributed by atoms with Crippen LogP contribution >= 0.6 is 0 Å². The lowest BCUT2D eigenvalue weighted by Crippen LogP contribution is -2.57. The molecule has 4 aliphatic rings. The quantitative estimate of drug-likeness (QED) is 0.510. The smallest absolute Gasteiger partial charge is 0.336 e. The maximum absolute atomic E-state index is 11.7. The van der Waals surface area contributed by atoms with Gasteiger partial charge in [-0.05, 0) is 38.5 Å². The maximum atomic E-state index is 11.7. The first kappa shape index (κ1) is 11.7. The summed E-state index contributed by atoms with van der Waals surface area (Å²) in [4.78, 5) is 11.7. The maximum Gasteiger partial charge on any atom is 0.336 e. The summed E-state index contributed by atoms with van der Waals surface area (Å²) in [5.74, 6) is -1.38. The molecule has 5 atom stereocenters. The van der Waals surface area contributed by atoms with Gasteiger partial charge in [-0.3, -0.25) is 0 Å². The first-order valence-corrected chi connectivity index (χ1v) is 6.86. The predicted molar refractivity (Wildman–Crippen MR) is 66.8 cm³/mol. The zero-order valence-electron chi connectivity index (χ0n) is 11.4. The van der Waals surface area contributed by atoms with Crippen molar-refractivity contribution in [3.05, 3.63) is 22.3 Å². The van der Waals surface area contributed by atoms with Gasteiger partial charge in [0.05, 0.1) is 0 Å². The second-order valence-electron chi connectivity index (χ2n) is 6.66. The molecule has 0 radical (unpaired) electrons. The summed E-state index contributed by atoms with van der Waals surface area (Å²) in [6.07, 6.45) is 0.568. The third-order valence-corrected chi connectivity index (χ3v) is 5.97. The fourth-order valence-electron chi connectivity index (χ4n) is 4.64. The van der Waals surface area contributed by atoms with Crippen LogP contribution in [-0.2, 0) is 9.53 Å². The van der Waals surface area contributed by atoms with Gasteiger partial charge in [-0.2, -0.15) is 0 Å². The molecule has 0 bridgehead atoms. The molecule has 2 fully saturated rings. The monoisotopic (exact) mass is 262 g/mol. The Morgan fingerprint density at radius 1 is 1.32 bits per heavy atom. The van der Waals surface area contributed by atoms with Gasteiger partial charge in [0.25, 0.3) is 5.79 Å². The molecule has 1 aliphatic heterocycles. The topological polar surface area (TPSA) is 66.8 Å². The molecule has 0 spiro atoms. The number of allylic oxidation sites excluding steroid dienone is 1. The second kappa shape index (κ2) is 2.96. The predicted octanol–water partition coefficient (Wildman–Crippen LogP) is 1.29. The van der Waals surface area contributed by atoms with E-state index in [4.69, 9.17) is 4.74 Å². The van der Waals surface area contributed by atoms with Crippen LogP contribution in [0, 0.1) is 17.3 Å². The lowest BCUT2D eigenvalue weighted by Gasteiger charge is -2.47. The molecule has 0 amide bonds. The first-order valence-electron chi connectivity index (χ1n) is 6.86. The summed E-state index contributed by atoms with van der Waals surface area (Å²) in [5, 5.41) is 21.4. The summed E-state index contributed by atoms with van der Waals surface area (Å²) in [7, 11) is 0. The first-order chi connectivity index (χ1) is 8.81. The van der Waals surface area contributed by atoms with Crippen LogP contribution in [0.1, 0.15) is 33.6 Å². The Hall–Kier alpha value is -1.13. The molecule has 4 heteroatoms. The summed E-state index contributed by atoms with van der Waals surface area (Å²) < 4.78 is 5.12. The molecule has 0 aromatic rings. The fraction of sp³-hybridized carbons (Fsp3) is 0.667. The van der Waals surface area contributed by atoms with Crippen molar-refractivity contribution in [1.29, 1.82) is 0 Å². The van der Waals surface area contributed by atoms with Gasteiger partial charge in [0.1, 0.15) is 6.10 Å². The van der Waals surface area contributed by atoms with E-state index in [1.165, 1.54) is 11.1 Å². The van der Waals surface area contributed by atoms with Gasteiger partial charge >= 0.3 is 5.97 Å². The van der Waals surface area contributed by atoms with Gasteiger partial charge in [-0.15, -0.1) is 0 Å². The van der Waals surface area contributed by atoms with E-state index in [1.807, 2.05) is 6.92 Å². The molecule has 0 saturated heterocycles. The number of esters is 1. The highest BCUT2D eigenvalue weighted by molar-refractivity contribution is 5.92. The zero-order chi connectivity index (χ0) is 13.7. The standard InChI is InChI=1S/C15H18O4/c1-6-8-4-11(8)14(3)9(6)5-10-7(2)12(16)19-15(10,18)13(14)17/h8,11,13,17-18H,4-5H2,1-3H3. The minimum Gasteiger partial charge on any atom is -0.423 e. The van der Waals surface area contributed by atoms with E-state index in [1.54, 1.807) is 6.92 Å². The number of rotatable bonds is 0. The van der Waals surface area contributed by atoms with Gasteiger partial charge in [0, 0.05) is 16.6 Å². The van der Waals surface area contributed by atoms with E-state index >= 15 is 0 Å². The van der Waals surface area contributed by atoms with Crippen molar-refractivity contribution in [1.82, 2.24) is 0 Å². The lowest BCUT2D eigenvalue weighted by molar-refractivity contribution is -0.242. The molecule has 0 aromatic carbocycles. The molecule has 5 unspecified atom stereocenters. The van der Waals surface area contributed by atoms with E-state index < -0.39 is 23.3 Å². The Morgan fingerprint density at radius 2 is 2.00 bits per heavy atom. The molecule has 102 valence electrons. The minimum absolute atomic E-state index is 0.391. The number of aliphatic hydroxyl groups is 2. The molecule has 2 N–H and O–H groups in total. The Balaban J connectivity index is 1.93. The average Bonchev–Trinajstić information content (AvgIpc) is 3.07. The zero-order valence-corrected chi connectivity index (χ0v) is 11.4. The molecular formula is C15H18O4. The summed E-state index contributed by atoms with van der Waals surface area (Å²) in [5.41, 5.74) is 3.10. The van der Waals surface area contributed by atoms with E-state index in [-0.39, 0.29) is 0 Å². The Labute approximate surface area is 111 Å². The van der Waals surface area contributed by atoms with Gasteiger partial charge in [0.2, 0.25) is 0 Å². The molecule has 4 rings (SSSR count). The van der Waals surface area contributed by atoms with Crippen molar-refractivity contribution in [3.63, 3.8) is 0 Å². The molecule has 19 heavy (non-hydrogen) atoms. The highest BCUT2D eigenvalue weighted by atomic mass is 16.7. The van der Waals surface area contributed by atoms with Crippen LogP contribution in [0.5, 0.6) is 0 Å². The van der Waals surface area contributed by atoms with E-state index in [9.17, 15) is 15.0 Å². The van der Waals surface area contributed by atoms with Crippen molar-refractivity contribution in [3.8, 4) is 0 Å². The Bertz CT molecular complexity index is 587. The van der Waals surface area contributed by atoms with Crippen LogP contribution in [0.3, 0.4) is 0 Å². The number of hydrogen-bond donors (Lipinski definition) is 2. The third-order valence-electron chi connectivity index (χ3n) is 5.97. The van der Waals surface area contributed by atoms with Crippen LogP contribution in [0.15, 0.2) is 22.3 Å². The van der Waals surface area contributed by atoms with Crippen molar-refractivity contribution in [2.24, 2.45) is 17.3 Å². The van der Waals surface area contributed by atoms with Crippen molar-refractivity contribution in [2.45, 2.75) is 45.5 Å². The largest absolute Gasteiger partial charge is 0.423 e. The Kier molecular flexibility index (Phi) is 1.82. The number of carbonyl (C=O) groups is 1. The number of ether oxygens (including phenoxy) is 1. The van der Waals surface area contributed by atoms with Gasteiger partial charge in [-0.25, -0.2) is 4.79 Å². The van der Waals surface area contributed by atoms with E-state index in [2.05, 4.69) is 6.92 Å². The van der Waals surface area contributed by atoms with Gasteiger partial charge < -0.3 is 14.9 Å². The van der Waals surface area contributed by atoms with Crippen molar-refractivity contribution in [2.75, 3.05) is 0 Å². The molecule has 1 heterocycles. The highest BCUT2D eigenvalue weighted by Gasteiger charge is 2.70. The van der Waals surface area contributed by atoms with Gasteiger partial charge in [0.15, 0.2) is 0 Å². The van der Waals surface area contributed by atoms with E-state index in [0.29, 0.717) is 29.4 Å². The molecule has 3 aliphatic carbocycles. The van der Waals surface area contributed by atoms with Crippen molar-refractivity contribution < 1.29 is 19.7 Å². The van der Waals surface area contributed by atoms with E-state index in [0.717, 1.165) is 6.42 Å². The number of carbonyl (C=O) groups excluding carboxylic acids is 1. The SMILES string of the molecule is CC1=C2CC3=C(C)C4CC4C3(C)C(O)C2(O)OC1=O. The Morgan fingerprint density at radius 3 is 2.68 bits per heavy atom. The number of fused-ring (bicyclic) bond motifs is 4. The lowest BCUT2D eigenvalue weighted by atomic mass is 9.63. The average molecular weight is 262 g/mol. The number of aliphatic hydroxyl groups excluding tert-OH is 1. The summed E-state index contributed by atoms with van der Waals surface area (Å²) >= 11 is 0. The third kappa shape index (κ3) is 1.04.